The molecule has 1 amide bonds. The fraction of sp³-hybridized carbons (Fsp3) is 0.706. The maximum absolute atomic E-state index is 12.6. The summed E-state index contributed by atoms with van der Waals surface area (Å²) in [6.45, 7) is 1.63. The van der Waals surface area contributed by atoms with E-state index in [1.807, 2.05) is 0 Å². The van der Waals surface area contributed by atoms with Crippen molar-refractivity contribution < 1.29 is 4.79 Å². The topological polar surface area (TPSA) is 51.3 Å². The lowest BCUT2D eigenvalue weighted by molar-refractivity contribution is -0.133. The van der Waals surface area contributed by atoms with Crippen molar-refractivity contribution in [3.8, 4) is 0 Å². The molecule has 0 bridgehead atoms. The molecule has 21 heavy (non-hydrogen) atoms. The fourth-order valence-electron chi connectivity index (χ4n) is 3.28. The van der Waals surface area contributed by atoms with Gasteiger partial charge in [-0.05, 0) is 44.4 Å². The Kier molecular flexibility index (Phi) is 6.30. The Bertz CT molecular complexity index is 441. The van der Waals surface area contributed by atoms with Crippen molar-refractivity contribution in [2.75, 3.05) is 13.1 Å². The van der Waals surface area contributed by atoms with Crippen LogP contribution >= 0.6 is 0 Å². The fourth-order valence-corrected chi connectivity index (χ4v) is 3.28. The minimum absolute atomic E-state index is 0.259. The van der Waals surface area contributed by atoms with Gasteiger partial charge in [-0.15, -0.1) is 0 Å². The molecule has 0 saturated carbocycles. The SMILES string of the molecule is Cn1cccc1C1CCCCCN1C(=O)CCCCCN. The van der Waals surface area contributed by atoms with Gasteiger partial charge in [0.2, 0.25) is 5.91 Å². The molecule has 1 aromatic rings. The van der Waals surface area contributed by atoms with Gasteiger partial charge in [0.25, 0.3) is 0 Å². The third kappa shape index (κ3) is 4.34. The number of nitrogens with two attached hydrogens (primary N) is 1. The maximum Gasteiger partial charge on any atom is 0.223 e. The first-order chi connectivity index (χ1) is 10.2. The van der Waals surface area contributed by atoms with Gasteiger partial charge in [-0.25, -0.2) is 0 Å². The Morgan fingerprint density at radius 3 is 2.86 bits per heavy atom. The van der Waals surface area contributed by atoms with Gasteiger partial charge in [0, 0.05) is 31.9 Å². The first-order valence-electron chi connectivity index (χ1n) is 8.35. The molecule has 2 N–H and O–H groups in total. The van der Waals surface area contributed by atoms with Gasteiger partial charge in [0.1, 0.15) is 0 Å². The number of likely N-dealkylation sites (tertiary alicyclic amines) is 1. The summed E-state index contributed by atoms with van der Waals surface area (Å²) in [6.07, 6.45) is 10.5. The van der Waals surface area contributed by atoms with E-state index >= 15 is 0 Å². The van der Waals surface area contributed by atoms with Crippen LogP contribution in [0.3, 0.4) is 0 Å². The van der Waals surface area contributed by atoms with Crippen LogP contribution in [-0.4, -0.2) is 28.5 Å². The molecule has 1 saturated heterocycles. The van der Waals surface area contributed by atoms with Crippen LogP contribution in [0.2, 0.25) is 0 Å². The van der Waals surface area contributed by atoms with Crippen molar-refractivity contribution in [3.05, 3.63) is 24.0 Å². The van der Waals surface area contributed by atoms with Crippen LogP contribution in [0.1, 0.15) is 63.1 Å². The average molecular weight is 291 g/mol. The van der Waals surface area contributed by atoms with Crippen LogP contribution in [0, 0.1) is 0 Å². The van der Waals surface area contributed by atoms with E-state index < -0.39 is 0 Å². The molecule has 0 aromatic carbocycles. The molecule has 1 fully saturated rings. The Hall–Kier alpha value is -1.29. The minimum Gasteiger partial charge on any atom is -0.353 e. The van der Waals surface area contributed by atoms with Crippen molar-refractivity contribution >= 4 is 5.91 Å². The number of carbonyl (C=O) groups excluding carboxylic acids is 1. The Balaban J connectivity index is 2.02. The average Bonchev–Trinajstić information content (AvgIpc) is 2.76. The van der Waals surface area contributed by atoms with Crippen LogP contribution in [0.5, 0.6) is 0 Å². The van der Waals surface area contributed by atoms with E-state index in [9.17, 15) is 4.79 Å². The van der Waals surface area contributed by atoms with Crippen LogP contribution in [0.15, 0.2) is 18.3 Å². The number of unbranched alkanes of at least 4 members (excludes halogenated alkanes) is 2. The molecule has 4 nitrogen and oxygen atoms in total. The number of rotatable bonds is 6. The molecule has 1 unspecified atom stereocenters. The highest BCUT2D eigenvalue weighted by Crippen LogP contribution is 2.30. The molecule has 1 aliphatic rings. The van der Waals surface area contributed by atoms with Crippen LogP contribution in [0.4, 0.5) is 0 Å². The van der Waals surface area contributed by atoms with Crippen molar-refractivity contribution in [1.29, 1.82) is 0 Å². The molecule has 0 spiro atoms. The molecule has 0 aliphatic carbocycles. The maximum atomic E-state index is 12.6. The molecule has 118 valence electrons. The molecular formula is C17H29N3O. The van der Waals surface area contributed by atoms with Crippen LogP contribution in [-0.2, 0) is 11.8 Å². The number of hydrogen-bond acceptors (Lipinski definition) is 2. The van der Waals surface area contributed by atoms with Crippen molar-refractivity contribution in [1.82, 2.24) is 9.47 Å². The smallest absolute Gasteiger partial charge is 0.223 e. The van der Waals surface area contributed by atoms with E-state index in [0.29, 0.717) is 12.3 Å². The standard InChI is InChI=1S/C17H29N3O/c1-19-13-8-10-15(19)16-9-4-3-7-14-20(16)17(21)11-5-2-6-12-18/h8,10,13,16H,2-7,9,11-12,14,18H2,1H3. The lowest BCUT2D eigenvalue weighted by Crippen LogP contribution is -2.35. The van der Waals surface area contributed by atoms with Crippen LogP contribution < -0.4 is 5.73 Å². The predicted molar refractivity (Wildman–Crippen MR) is 85.9 cm³/mol. The number of aryl methyl sites for hydroxylation is 1. The number of hydrogen-bond donors (Lipinski definition) is 1. The predicted octanol–water partition coefficient (Wildman–Crippen LogP) is 2.99. The molecule has 1 atom stereocenters. The number of nitrogens with zero attached hydrogens (tertiary/aromatic N) is 2. The number of aromatic nitrogens is 1. The van der Waals surface area contributed by atoms with Gasteiger partial charge < -0.3 is 15.2 Å². The summed E-state index contributed by atoms with van der Waals surface area (Å²) >= 11 is 0. The van der Waals surface area contributed by atoms with Crippen molar-refractivity contribution in [3.63, 3.8) is 0 Å². The van der Waals surface area contributed by atoms with E-state index in [0.717, 1.165) is 45.2 Å². The van der Waals surface area contributed by atoms with E-state index in [1.54, 1.807) is 0 Å². The zero-order chi connectivity index (χ0) is 15.1. The summed E-state index contributed by atoms with van der Waals surface area (Å²) in [5, 5.41) is 0. The van der Waals surface area contributed by atoms with Gasteiger partial charge >= 0.3 is 0 Å². The molecule has 2 rings (SSSR count). The van der Waals surface area contributed by atoms with E-state index in [4.69, 9.17) is 5.73 Å². The zero-order valence-electron chi connectivity index (χ0n) is 13.3. The molecule has 1 aliphatic heterocycles. The normalized spacial score (nSPS) is 19.5. The Morgan fingerprint density at radius 2 is 2.14 bits per heavy atom. The highest BCUT2D eigenvalue weighted by molar-refractivity contribution is 5.76. The molecular weight excluding hydrogens is 262 g/mol. The lowest BCUT2D eigenvalue weighted by Gasteiger charge is -2.31. The van der Waals surface area contributed by atoms with E-state index in [-0.39, 0.29) is 6.04 Å². The zero-order valence-corrected chi connectivity index (χ0v) is 13.3. The second kappa shape index (κ2) is 8.23. The van der Waals surface area contributed by atoms with Crippen molar-refractivity contribution in [2.45, 2.75) is 57.4 Å². The quantitative estimate of drug-likeness (QED) is 0.819. The van der Waals surface area contributed by atoms with Gasteiger partial charge in [0.05, 0.1) is 6.04 Å². The monoisotopic (exact) mass is 291 g/mol. The molecule has 1 aromatic heterocycles. The first kappa shape index (κ1) is 16.1. The van der Waals surface area contributed by atoms with Gasteiger partial charge in [-0.1, -0.05) is 19.3 Å². The summed E-state index contributed by atoms with van der Waals surface area (Å²) < 4.78 is 2.16. The van der Waals surface area contributed by atoms with Crippen LogP contribution in [0.25, 0.3) is 0 Å². The van der Waals surface area contributed by atoms with Gasteiger partial charge in [-0.3, -0.25) is 4.79 Å². The van der Waals surface area contributed by atoms with Gasteiger partial charge in [0.15, 0.2) is 0 Å². The van der Waals surface area contributed by atoms with E-state index in [2.05, 4.69) is 34.8 Å². The summed E-state index contributed by atoms with van der Waals surface area (Å²) in [4.78, 5) is 14.7. The highest BCUT2D eigenvalue weighted by Gasteiger charge is 2.27. The second-order valence-corrected chi connectivity index (χ2v) is 6.10. The number of carbonyl (C=O) groups is 1. The summed E-state index contributed by atoms with van der Waals surface area (Å²) in [5.74, 6) is 0.320. The third-order valence-electron chi connectivity index (χ3n) is 4.49. The van der Waals surface area contributed by atoms with E-state index in [1.165, 1.54) is 18.5 Å². The van der Waals surface area contributed by atoms with Crippen molar-refractivity contribution in [2.24, 2.45) is 12.8 Å². The minimum atomic E-state index is 0.259. The highest BCUT2D eigenvalue weighted by atomic mass is 16.2. The Labute approximate surface area is 128 Å². The Morgan fingerprint density at radius 1 is 1.29 bits per heavy atom. The lowest BCUT2D eigenvalue weighted by atomic mass is 10.1. The van der Waals surface area contributed by atoms with Gasteiger partial charge in [-0.2, -0.15) is 0 Å². The third-order valence-corrected chi connectivity index (χ3v) is 4.49. The first-order valence-corrected chi connectivity index (χ1v) is 8.35. The molecule has 2 heterocycles. The molecule has 4 heteroatoms. The summed E-state index contributed by atoms with van der Waals surface area (Å²) in [5.41, 5.74) is 6.78. The largest absolute Gasteiger partial charge is 0.353 e. The summed E-state index contributed by atoms with van der Waals surface area (Å²) in [7, 11) is 2.07. The second-order valence-electron chi connectivity index (χ2n) is 6.10. The molecule has 0 radical (unpaired) electrons. The number of amides is 1. The summed E-state index contributed by atoms with van der Waals surface area (Å²) in [6, 6.07) is 4.49.